The number of carbonyl (C=O) groups excluding carboxylic acids is 1. The van der Waals surface area contributed by atoms with Crippen LogP contribution in [0, 0.1) is 11.3 Å². The number of hydrogen-bond donors (Lipinski definition) is 1. The second-order valence-electron chi connectivity index (χ2n) is 2.64. The van der Waals surface area contributed by atoms with Crippen LogP contribution < -0.4 is 5.32 Å². The molecule has 0 aromatic carbocycles. The van der Waals surface area contributed by atoms with Gasteiger partial charge in [-0.2, -0.15) is 5.26 Å². The quantitative estimate of drug-likeness (QED) is 0.659. The summed E-state index contributed by atoms with van der Waals surface area (Å²) < 4.78 is 19.4. The monoisotopic (exact) mass is 232 g/mol. The molecule has 0 unspecified atom stereocenters. The maximum atomic E-state index is 11.2. The second kappa shape index (κ2) is 7.00. The highest BCUT2D eigenvalue weighted by molar-refractivity contribution is 5.68. The molecule has 0 fully saturated rings. The van der Waals surface area contributed by atoms with E-state index in [9.17, 15) is 4.79 Å². The van der Waals surface area contributed by atoms with Gasteiger partial charge in [-0.05, 0) is 6.92 Å². The Morgan fingerprint density at radius 2 is 1.88 bits per heavy atom. The van der Waals surface area contributed by atoms with Crippen molar-refractivity contribution in [2.24, 2.45) is 0 Å². The Morgan fingerprint density at radius 3 is 2.19 bits per heavy atom. The van der Waals surface area contributed by atoms with Crippen LogP contribution >= 0.6 is 0 Å². The van der Waals surface area contributed by atoms with Gasteiger partial charge in [-0.1, -0.05) is 0 Å². The molecule has 0 saturated heterocycles. The highest BCUT2D eigenvalue weighted by atomic mass is 16.9. The Labute approximate surface area is 94.2 Å². The molecule has 0 aliphatic rings. The van der Waals surface area contributed by atoms with Crippen molar-refractivity contribution in [1.82, 2.24) is 5.32 Å². The van der Waals surface area contributed by atoms with Gasteiger partial charge in [-0.3, -0.25) is 5.32 Å². The van der Waals surface area contributed by atoms with E-state index in [4.69, 9.17) is 19.5 Å². The molecule has 0 radical (unpaired) electrons. The smallest absolute Gasteiger partial charge is 0.408 e. The molecule has 0 heterocycles. The summed E-state index contributed by atoms with van der Waals surface area (Å²) in [4.78, 5) is 11.2. The van der Waals surface area contributed by atoms with Crippen LogP contribution in [0.3, 0.4) is 0 Å². The van der Waals surface area contributed by atoms with Gasteiger partial charge in [0.05, 0.1) is 12.7 Å². The van der Waals surface area contributed by atoms with E-state index in [1.807, 2.05) is 0 Å². The standard InChI is InChI=1S/C9H16N2O5/c1-5-16-8(12)11-7(6-10)9(13-2,14-3)15-4/h7H,5H2,1-4H3,(H,11,12)/t7-/m1/s1. The second-order valence-corrected chi connectivity index (χ2v) is 2.64. The Bertz CT molecular complexity index is 251. The Morgan fingerprint density at radius 1 is 1.38 bits per heavy atom. The molecule has 0 aliphatic heterocycles. The summed E-state index contributed by atoms with van der Waals surface area (Å²) in [6.07, 6.45) is -0.746. The molecule has 7 heteroatoms. The minimum absolute atomic E-state index is 0.198. The lowest BCUT2D eigenvalue weighted by molar-refractivity contribution is -0.357. The van der Waals surface area contributed by atoms with Crippen molar-refractivity contribution in [3.8, 4) is 6.07 Å². The molecule has 0 aromatic heterocycles. The molecular weight excluding hydrogens is 216 g/mol. The van der Waals surface area contributed by atoms with Gasteiger partial charge in [0.25, 0.3) is 0 Å². The number of nitrogens with zero attached hydrogens (tertiary/aromatic N) is 1. The Balaban J connectivity index is 4.70. The van der Waals surface area contributed by atoms with E-state index in [0.29, 0.717) is 0 Å². The molecule has 1 amide bonds. The number of alkyl carbamates (subject to hydrolysis) is 1. The number of amides is 1. The fourth-order valence-corrected chi connectivity index (χ4v) is 1.09. The van der Waals surface area contributed by atoms with E-state index in [-0.39, 0.29) is 6.61 Å². The van der Waals surface area contributed by atoms with Crippen molar-refractivity contribution in [2.45, 2.75) is 18.9 Å². The van der Waals surface area contributed by atoms with Crippen molar-refractivity contribution in [3.05, 3.63) is 0 Å². The first-order chi connectivity index (χ1) is 7.60. The molecule has 0 rings (SSSR count). The van der Waals surface area contributed by atoms with Crippen LogP contribution in [0.4, 0.5) is 4.79 Å². The van der Waals surface area contributed by atoms with Crippen LogP contribution in [0.15, 0.2) is 0 Å². The van der Waals surface area contributed by atoms with Crippen LogP contribution in [0.2, 0.25) is 0 Å². The summed E-state index contributed by atoms with van der Waals surface area (Å²) >= 11 is 0. The van der Waals surface area contributed by atoms with Gasteiger partial charge in [0, 0.05) is 21.3 Å². The van der Waals surface area contributed by atoms with E-state index < -0.39 is 18.1 Å². The van der Waals surface area contributed by atoms with E-state index >= 15 is 0 Å². The number of carbonyl (C=O) groups is 1. The zero-order chi connectivity index (χ0) is 12.6. The minimum Gasteiger partial charge on any atom is -0.450 e. The van der Waals surface area contributed by atoms with Crippen molar-refractivity contribution in [1.29, 1.82) is 5.26 Å². The third-order valence-electron chi connectivity index (χ3n) is 1.87. The topological polar surface area (TPSA) is 89.8 Å². The molecule has 0 aromatic rings. The van der Waals surface area contributed by atoms with E-state index in [1.54, 1.807) is 13.0 Å². The van der Waals surface area contributed by atoms with E-state index in [0.717, 1.165) is 0 Å². The number of methoxy groups -OCH3 is 3. The van der Waals surface area contributed by atoms with Crippen LogP contribution in [-0.4, -0.2) is 46.0 Å². The molecule has 1 atom stereocenters. The van der Waals surface area contributed by atoms with E-state index in [1.165, 1.54) is 21.3 Å². The first-order valence-electron chi connectivity index (χ1n) is 4.58. The van der Waals surface area contributed by atoms with E-state index in [2.05, 4.69) is 10.1 Å². The predicted molar refractivity (Wildman–Crippen MR) is 53.3 cm³/mol. The van der Waals surface area contributed by atoms with Crippen molar-refractivity contribution >= 4 is 6.09 Å². The third kappa shape index (κ3) is 3.34. The zero-order valence-corrected chi connectivity index (χ0v) is 9.77. The van der Waals surface area contributed by atoms with Crippen LogP contribution in [0.25, 0.3) is 0 Å². The average molecular weight is 232 g/mol. The van der Waals surface area contributed by atoms with Crippen molar-refractivity contribution in [3.63, 3.8) is 0 Å². The summed E-state index contributed by atoms with van der Waals surface area (Å²) in [5, 5.41) is 11.2. The fourth-order valence-electron chi connectivity index (χ4n) is 1.09. The van der Waals surface area contributed by atoms with Gasteiger partial charge in [0.15, 0.2) is 0 Å². The highest BCUT2D eigenvalue weighted by Crippen LogP contribution is 2.17. The van der Waals surface area contributed by atoms with Crippen molar-refractivity contribution in [2.75, 3.05) is 27.9 Å². The van der Waals surface area contributed by atoms with Gasteiger partial charge in [0.1, 0.15) is 0 Å². The molecule has 0 bridgehead atoms. The average Bonchev–Trinajstić information content (AvgIpc) is 2.30. The third-order valence-corrected chi connectivity index (χ3v) is 1.87. The highest BCUT2D eigenvalue weighted by Gasteiger charge is 2.42. The summed E-state index contributed by atoms with van der Waals surface area (Å²) in [5.41, 5.74) is 0. The van der Waals surface area contributed by atoms with Crippen LogP contribution in [0.5, 0.6) is 0 Å². The molecule has 16 heavy (non-hydrogen) atoms. The number of hydrogen-bond acceptors (Lipinski definition) is 6. The first-order valence-corrected chi connectivity index (χ1v) is 4.58. The number of nitrogens with one attached hydrogen (secondary N) is 1. The number of nitriles is 1. The maximum absolute atomic E-state index is 11.2. The SMILES string of the molecule is CCOC(=O)N[C@H](C#N)C(OC)(OC)OC. The van der Waals surface area contributed by atoms with Crippen LogP contribution in [0.1, 0.15) is 6.92 Å². The summed E-state index contributed by atoms with van der Waals surface area (Å²) in [6, 6.07) is 0.651. The minimum atomic E-state index is -1.65. The van der Waals surface area contributed by atoms with Gasteiger partial charge in [-0.25, -0.2) is 4.79 Å². The predicted octanol–water partition coefficient (Wildman–Crippen LogP) is 0.218. The molecule has 0 aliphatic carbocycles. The first kappa shape index (κ1) is 14.6. The molecule has 92 valence electrons. The lowest BCUT2D eigenvalue weighted by Crippen LogP contribution is -2.55. The lowest BCUT2D eigenvalue weighted by atomic mass is 10.2. The van der Waals surface area contributed by atoms with Gasteiger partial charge in [0.2, 0.25) is 6.04 Å². The number of rotatable bonds is 6. The molecule has 0 spiro atoms. The van der Waals surface area contributed by atoms with Crippen LogP contribution in [-0.2, 0) is 18.9 Å². The molecule has 1 N–H and O–H groups in total. The molecule has 7 nitrogen and oxygen atoms in total. The maximum Gasteiger partial charge on any atom is 0.408 e. The fraction of sp³-hybridized carbons (Fsp3) is 0.778. The lowest BCUT2D eigenvalue weighted by Gasteiger charge is -2.32. The molecule has 0 saturated carbocycles. The summed E-state index contributed by atoms with van der Waals surface area (Å²) in [7, 11) is 3.89. The largest absolute Gasteiger partial charge is 0.450 e. The zero-order valence-electron chi connectivity index (χ0n) is 9.77. The Hall–Kier alpha value is -1.36. The van der Waals surface area contributed by atoms with Gasteiger partial charge < -0.3 is 18.9 Å². The Kier molecular flexibility index (Phi) is 6.41. The van der Waals surface area contributed by atoms with Crippen molar-refractivity contribution < 1.29 is 23.7 Å². The summed E-state index contributed by atoms with van der Waals surface area (Å²) in [5.74, 6) is -1.65. The summed E-state index contributed by atoms with van der Waals surface area (Å²) in [6.45, 7) is 1.85. The van der Waals surface area contributed by atoms with Gasteiger partial charge >= 0.3 is 12.1 Å². The normalized spacial score (nSPS) is 12.7. The molecular formula is C9H16N2O5. The van der Waals surface area contributed by atoms with Gasteiger partial charge in [-0.15, -0.1) is 0 Å². The number of ether oxygens (including phenoxy) is 4.